The van der Waals surface area contributed by atoms with Gasteiger partial charge in [-0.3, -0.25) is 9.59 Å². The Bertz CT molecular complexity index is 1180. The summed E-state index contributed by atoms with van der Waals surface area (Å²) in [5.74, 6) is 0.215. The Kier molecular flexibility index (Phi) is 8.64. The number of halogens is 3. The molecule has 0 aliphatic rings. The first kappa shape index (κ1) is 25.4. The lowest BCUT2D eigenvalue weighted by atomic mass is 10.2. The monoisotopic (exact) mass is 525 g/mol. The lowest BCUT2D eigenvalue weighted by Crippen LogP contribution is -2.29. The summed E-state index contributed by atoms with van der Waals surface area (Å²) in [7, 11) is 0. The molecule has 33 heavy (non-hydrogen) atoms. The van der Waals surface area contributed by atoms with E-state index < -0.39 is 6.04 Å². The Morgan fingerprint density at radius 3 is 2.45 bits per heavy atom. The van der Waals surface area contributed by atoms with Crippen LogP contribution < -0.4 is 10.6 Å². The van der Waals surface area contributed by atoms with Gasteiger partial charge >= 0.3 is 0 Å². The normalized spacial score (nSPS) is 11.8. The molecule has 0 fully saturated rings. The van der Waals surface area contributed by atoms with E-state index in [4.69, 9.17) is 34.8 Å². The molecule has 0 unspecified atom stereocenters. The number of amides is 2. The van der Waals surface area contributed by atoms with Crippen molar-refractivity contribution in [1.82, 2.24) is 20.1 Å². The first-order valence-corrected chi connectivity index (χ1v) is 12.2. The molecule has 2 aromatic carbocycles. The summed E-state index contributed by atoms with van der Waals surface area (Å²) in [6, 6.07) is 9.54. The van der Waals surface area contributed by atoms with Crippen molar-refractivity contribution in [3.8, 4) is 0 Å². The molecule has 0 aliphatic carbocycles. The van der Waals surface area contributed by atoms with Crippen LogP contribution in [0.2, 0.25) is 15.1 Å². The maximum Gasteiger partial charge on any atom is 0.253 e. The molecule has 0 radical (unpaired) electrons. The molecule has 2 N–H and O–H groups in total. The first-order valence-electron chi connectivity index (χ1n) is 10.1. The number of aromatic nitrogens is 3. The van der Waals surface area contributed by atoms with Gasteiger partial charge in [-0.15, -0.1) is 10.2 Å². The van der Waals surface area contributed by atoms with Gasteiger partial charge in [-0.2, -0.15) is 0 Å². The number of benzene rings is 2. The van der Waals surface area contributed by atoms with Crippen LogP contribution in [0.15, 0.2) is 41.6 Å². The number of hydrogen-bond acceptors (Lipinski definition) is 5. The van der Waals surface area contributed by atoms with Gasteiger partial charge < -0.3 is 15.2 Å². The van der Waals surface area contributed by atoms with Crippen molar-refractivity contribution in [2.24, 2.45) is 0 Å². The van der Waals surface area contributed by atoms with E-state index in [1.54, 1.807) is 30.3 Å². The molecule has 1 heterocycles. The van der Waals surface area contributed by atoms with Gasteiger partial charge in [0.05, 0.1) is 22.4 Å². The minimum absolute atomic E-state index is 0.154. The van der Waals surface area contributed by atoms with Crippen molar-refractivity contribution < 1.29 is 9.59 Å². The van der Waals surface area contributed by atoms with E-state index in [-0.39, 0.29) is 22.6 Å². The highest BCUT2D eigenvalue weighted by atomic mass is 35.5. The van der Waals surface area contributed by atoms with E-state index in [2.05, 4.69) is 20.8 Å². The maximum absolute atomic E-state index is 12.6. The van der Waals surface area contributed by atoms with E-state index in [0.717, 1.165) is 5.56 Å². The van der Waals surface area contributed by atoms with E-state index >= 15 is 0 Å². The number of anilines is 1. The van der Waals surface area contributed by atoms with Gasteiger partial charge in [-0.1, -0.05) is 46.6 Å². The summed E-state index contributed by atoms with van der Waals surface area (Å²) in [5.41, 5.74) is 1.91. The Morgan fingerprint density at radius 2 is 1.79 bits per heavy atom. The molecule has 1 aromatic heterocycles. The van der Waals surface area contributed by atoms with Crippen molar-refractivity contribution in [1.29, 1.82) is 0 Å². The van der Waals surface area contributed by atoms with Gasteiger partial charge in [0.15, 0.2) is 11.0 Å². The molecule has 0 saturated carbocycles. The number of nitrogens with one attached hydrogen (secondary N) is 2. The molecule has 174 valence electrons. The molecule has 1 atom stereocenters. The fraction of sp³-hybridized carbons (Fsp3) is 0.273. The average molecular weight is 527 g/mol. The number of carbonyl (C=O) groups is 2. The second-order valence-electron chi connectivity index (χ2n) is 7.20. The van der Waals surface area contributed by atoms with E-state index in [1.165, 1.54) is 17.8 Å². The van der Waals surface area contributed by atoms with Crippen LogP contribution in [0.1, 0.15) is 41.6 Å². The summed E-state index contributed by atoms with van der Waals surface area (Å²) in [4.78, 5) is 25.1. The molecule has 3 rings (SSSR count). The van der Waals surface area contributed by atoms with Crippen LogP contribution in [0.3, 0.4) is 0 Å². The van der Waals surface area contributed by atoms with Gasteiger partial charge in [-0.25, -0.2) is 0 Å². The molecule has 7 nitrogen and oxygen atoms in total. The van der Waals surface area contributed by atoms with Crippen LogP contribution >= 0.6 is 46.6 Å². The van der Waals surface area contributed by atoms with Crippen molar-refractivity contribution in [3.05, 3.63) is 68.4 Å². The van der Waals surface area contributed by atoms with Crippen molar-refractivity contribution >= 4 is 64.1 Å². The van der Waals surface area contributed by atoms with Gasteiger partial charge in [0.2, 0.25) is 5.91 Å². The summed E-state index contributed by atoms with van der Waals surface area (Å²) in [6.07, 6.45) is 0. The SMILES string of the molecule is CCn1c(SCC(=O)Nc2ccc(Cl)cc2C)nnc1[C@H](C)NC(=O)c1ccc(Cl)cc1Cl. The highest BCUT2D eigenvalue weighted by Gasteiger charge is 2.21. The number of hydrogen-bond donors (Lipinski definition) is 2. The van der Waals surface area contributed by atoms with E-state index in [1.807, 2.05) is 25.3 Å². The molecule has 0 aliphatic heterocycles. The van der Waals surface area contributed by atoms with Crippen LogP contribution in [-0.4, -0.2) is 32.3 Å². The third-order valence-corrected chi connectivity index (χ3v) is 6.52. The maximum atomic E-state index is 12.6. The molecule has 11 heteroatoms. The zero-order valence-corrected chi connectivity index (χ0v) is 21.2. The Hall–Kier alpha value is -2.26. The van der Waals surface area contributed by atoms with Crippen molar-refractivity contribution in [2.75, 3.05) is 11.1 Å². The summed E-state index contributed by atoms with van der Waals surface area (Å²) < 4.78 is 1.86. The van der Waals surface area contributed by atoms with Crippen molar-refractivity contribution in [2.45, 2.75) is 38.5 Å². The Balaban J connectivity index is 1.65. The second kappa shape index (κ2) is 11.2. The largest absolute Gasteiger partial charge is 0.342 e. The van der Waals surface area contributed by atoms with Crippen LogP contribution in [0.4, 0.5) is 5.69 Å². The van der Waals surface area contributed by atoms with Crippen LogP contribution in [0.25, 0.3) is 0 Å². The Labute approximate surface area is 211 Å². The van der Waals surface area contributed by atoms with Crippen LogP contribution in [0, 0.1) is 6.92 Å². The highest BCUT2D eigenvalue weighted by molar-refractivity contribution is 7.99. The standard InChI is InChI=1S/C22H22Cl3N5O2S/c1-4-30-20(13(3)26-21(32)16-7-5-15(24)10-17(16)25)28-29-22(30)33-11-19(31)27-18-8-6-14(23)9-12(18)2/h5-10,13H,4,11H2,1-3H3,(H,26,32)(H,27,31)/t13-/m0/s1. The van der Waals surface area contributed by atoms with Crippen LogP contribution in [0.5, 0.6) is 0 Å². The third kappa shape index (κ3) is 6.41. The van der Waals surface area contributed by atoms with E-state index in [0.29, 0.717) is 38.8 Å². The summed E-state index contributed by atoms with van der Waals surface area (Å²) >= 11 is 19.3. The molecule has 2 amide bonds. The summed E-state index contributed by atoms with van der Waals surface area (Å²) in [5, 5.41) is 16.1. The number of thioether (sulfide) groups is 1. The lowest BCUT2D eigenvalue weighted by Gasteiger charge is -2.15. The number of rotatable bonds is 8. The smallest absolute Gasteiger partial charge is 0.253 e. The van der Waals surface area contributed by atoms with Gasteiger partial charge in [0.1, 0.15) is 0 Å². The zero-order valence-electron chi connectivity index (χ0n) is 18.2. The van der Waals surface area contributed by atoms with Crippen LogP contribution in [-0.2, 0) is 11.3 Å². The minimum atomic E-state index is -0.434. The topological polar surface area (TPSA) is 88.9 Å². The molecule has 0 bridgehead atoms. The lowest BCUT2D eigenvalue weighted by molar-refractivity contribution is -0.113. The fourth-order valence-electron chi connectivity index (χ4n) is 3.12. The number of nitrogens with zero attached hydrogens (tertiary/aromatic N) is 3. The molecular weight excluding hydrogens is 505 g/mol. The van der Waals surface area contributed by atoms with Gasteiger partial charge in [0.25, 0.3) is 5.91 Å². The predicted octanol–water partition coefficient (Wildman–Crippen LogP) is 5.79. The molecule has 0 saturated heterocycles. The quantitative estimate of drug-likeness (QED) is 0.363. The first-order chi connectivity index (χ1) is 15.7. The predicted molar refractivity (Wildman–Crippen MR) is 134 cm³/mol. The minimum Gasteiger partial charge on any atom is -0.342 e. The Morgan fingerprint density at radius 1 is 1.09 bits per heavy atom. The van der Waals surface area contributed by atoms with Gasteiger partial charge in [-0.05, 0) is 62.7 Å². The molecular formula is C22H22Cl3N5O2S. The molecule has 3 aromatic rings. The second-order valence-corrected chi connectivity index (χ2v) is 9.42. The highest BCUT2D eigenvalue weighted by Crippen LogP contribution is 2.24. The van der Waals surface area contributed by atoms with E-state index in [9.17, 15) is 9.59 Å². The van der Waals surface area contributed by atoms with Crippen molar-refractivity contribution in [3.63, 3.8) is 0 Å². The molecule has 0 spiro atoms. The number of aryl methyl sites for hydroxylation is 1. The fourth-order valence-corrected chi connectivity index (χ4v) is 4.65. The zero-order chi connectivity index (χ0) is 24.1. The third-order valence-electron chi connectivity index (χ3n) is 4.77. The summed E-state index contributed by atoms with van der Waals surface area (Å²) in [6.45, 7) is 6.20. The number of carbonyl (C=O) groups excluding carboxylic acids is 2. The van der Waals surface area contributed by atoms with Gasteiger partial charge in [0, 0.05) is 22.3 Å². The average Bonchev–Trinajstić information content (AvgIpc) is 3.17.